The van der Waals surface area contributed by atoms with E-state index in [-0.39, 0.29) is 0 Å². The Morgan fingerprint density at radius 3 is 1.16 bits per heavy atom. The summed E-state index contributed by atoms with van der Waals surface area (Å²) in [6.07, 6.45) is 0. The lowest BCUT2D eigenvalue weighted by Gasteiger charge is -2.16. The van der Waals surface area contributed by atoms with E-state index in [0.29, 0.717) is 5.82 Å². The minimum atomic E-state index is 0.650. The van der Waals surface area contributed by atoms with Crippen LogP contribution in [-0.4, -0.2) is 19.9 Å². The third-order valence-electron chi connectivity index (χ3n) is 14.0. The van der Waals surface area contributed by atoms with Gasteiger partial charge in [0.25, 0.3) is 0 Å². The molecule has 0 amide bonds. The Hall–Kier alpha value is -9.38. The third-order valence-corrected chi connectivity index (χ3v) is 14.0. The predicted molar refractivity (Wildman–Crippen MR) is 293 cm³/mol. The van der Waals surface area contributed by atoms with Crippen LogP contribution in [0.2, 0.25) is 0 Å². The summed E-state index contributed by atoms with van der Waals surface area (Å²) < 4.78 is 0. The van der Waals surface area contributed by atoms with Crippen LogP contribution >= 0.6 is 0 Å². The monoisotopic (exact) mass is 888 g/mol. The van der Waals surface area contributed by atoms with Crippen molar-refractivity contribution in [2.24, 2.45) is 0 Å². The maximum absolute atomic E-state index is 5.56. The summed E-state index contributed by atoms with van der Waals surface area (Å²) in [5, 5.41) is 12.7. The van der Waals surface area contributed by atoms with Crippen molar-refractivity contribution in [3.05, 3.63) is 243 Å². The Bertz CT molecular complexity index is 4400. The van der Waals surface area contributed by atoms with Crippen LogP contribution in [0.4, 0.5) is 0 Å². The first kappa shape index (κ1) is 39.8. The largest absolute Gasteiger partial charge is 0.247 e. The first-order valence-electron chi connectivity index (χ1n) is 23.8. The first-order valence-corrected chi connectivity index (χ1v) is 23.8. The maximum Gasteiger partial charge on any atom is 0.160 e. The summed E-state index contributed by atoms with van der Waals surface area (Å²) >= 11 is 0. The lowest BCUT2D eigenvalue weighted by molar-refractivity contribution is 1.23. The Labute approximate surface area is 403 Å². The number of hydrogen-bond donors (Lipinski definition) is 0. The zero-order chi connectivity index (χ0) is 46.1. The van der Waals surface area contributed by atoms with Gasteiger partial charge in [-0.25, -0.2) is 19.9 Å². The van der Waals surface area contributed by atoms with Gasteiger partial charge >= 0.3 is 0 Å². The van der Waals surface area contributed by atoms with E-state index in [1.807, 2.05) is 0 Å². The van der Waals surface area contributed by atoms with Crippen LogP contribution in [0.25, 0.3) is 143 Å². The molecule has 0 radical (unpaired) electrons. The van der Waals surface area contributed by atoms with Crippen LogP contribution in [0, 0.1) is 0 Å². The molecular formula is C66H40N4. The van der Waals surface area contributed by atoms with Crippen LogP contribution < -0.4 is 0 Å². The number of para-hydroxylation sites is 2. The lowest BCUT2D eigenvalue weighted by Crippen LogP contribution is -1.98. The highest BCUT2D eigenvalue weighted by molar-refractivity contribution is 6.12. The SMILES string of the molecule is c1ccc2cc(-c3cc(-c4ccc5ccccc5c4)c4nc(-c5ccc(-c6nc7ccccc7c7ccccc67)cc5)nc(-c5ccc(-c6nc7ccccc7c7ccccc67)cc5)c4c3)ccc2c1. The fourth-order valence-corrected chi connectivity index (χ4v) is 10.5. The normalized spacial score (nSPS) is 11.7. The van der Waals surface area contributed by atoms with Crippen molar-refractivity contribution in [3.8, 4) is 67.4 Å². The van der Waals surface area contributed by atoms with E-state index >= 15 is 0 Å². The van der Waals surface area contributed by atoms with E-state index in [1.165, 1.54) is 32.3 Å². The molecule has 0 unspecified atom stereocenters. The van der Waals surface area contributed by atoms with Gasteiger partial charge in [0, 0.05) is 54.7 Å². The highest BCUT2D eigenvalue weighted by Gasteiger charge is 2.20. The van der Waals surface area contributed by atoms with E-state index < -0.39 is 0 Å². The molecule has 4 heteroatoms. The zero-order valence-electron chi connectivity index (χ0n) is 37.9. The molecule has 14 aromatic rings. The van der Waals surface area contributed by atoms with Gasteiger partial charge in [-0.05, 0) is 85.4 Å². The van der Waals surface area contributed by atoms with Gasteiger partial charge < -0.3 is 0 Å². The first-order chi connectivity index (χ1) is 34.7. The van der Waals surface area contributed by atoms with Crippen molar-refractivity contribution >= 4 is 75.8 Å². The fourth-order valence-electron chi connectivity index (χ4n) is 10.5. The van der Waals surface area contributed by atoms with E-state index in [1.54, 1.807) is 0 Å². The van der Waals surface area contributed by atoms with Crippen LogP contribution in [0.5, 0.6) is 0 Å². The number of aromatic nitrogens is 4. The molecule has 0 saturated heterocycles. The minimum absolute atomic E-state index is 0.650. The number of hydrogen-bond acceptors (Lipinski definition) is 4. The van der Waals surface area contributed by atoms with Crippen LogP contribution in [-0.2, 0) is 0 Å². The number of benzene rings is 11. The molecular weight excluding hydrogens is 849 g/mol. The highest BCUT2D eigenvalue weighted by atomic mass is 14.9. The number of fused-ring (bicyclic) bond motifs is 9. The molecule has 14 rings (SSSR count). The standard InChI is InChI=1S/C66H40N4/c1-3-15-47-37-49(35-25-41(47)13-1)51-39-58(50-36-26-42-14-2-4-16-48(42)38-50)65-59(40-51)64(45-29-27-43(28-30-45)62-56-21-7-5-17-52(56)54-19-9-11-23-60(54)67-62)69-66(70-65)46-33-31-44(32-34-46)63-57-22-8-6-18-53(57)55-20-10-12-24-61(55)68-63/h1-40H. The van der Waals surface area contributed by atoms with Crippen LogP contribution in [0.15, 0.2) is 243 Å². The summed E-state index contributed by atoms with van der Waals surface area (Å²) in [6.45, 7) is 0. The van der Waals surface area contributed by atoms with E-state index in [2.05, 4.69) is 243 Å². The minimum Gasteiger partial charge on any atom is -0.247 e. The lowest BCUT2D eigenvalue weighted by atomic mass is 9.91. The summed E-state index contributed by atoms with van der Waals surface area (Å²) in [7, 11) is 0. The Balaban J connectivity index is 0.990. The Kier molecular flexibility index (Phi) is 9.17. The van der Waals surface area contributed by atoms with E-state index in [4.69, 9.17) is 19.9 Å². The number of pyridine rings is 2. The second-order valence-electron chi connectivity index (χ2n) is 18.1. The molecule has 11 aromatic carbocycles. The Morgan fingerprint density at radius 1 is 0.214 bits per heavy atom. The van der Waals surface area contributed by atoms with Gasteiger partial charge in [0.05, 0.1) is 33.6 Å². The molecule has 3 heterocycles. The molecule has 4 nitrogen and oxygen atoms in total. The smallest absolute Gasteiger partial charge is 0.160 e. The Morgan fingerprint density at radius 2 is 0.614 bits per heavy atom. The van der Waals surface area contributed by atoms with Crippen molar-refractivity contribution in [3.63, 3.8) is 0 Å². The van der Waals surface area contributed by atoms with Crippen molar-refractivity contribution < 1.29 is 0 Å². The second kappa shape index (κ2) is 16.2. The van der Waals surface area contributed by atoms with E-state index in [9.17, 15) is 0 Å². The van der Waals surface area contributed by atoms with Crippen molar-refractivity contribution in [1.82, 2.24) is 19.9 Å². The molecule has 0 aliphatic rings. The second-order valence-corrected chi connectivity index (χ2v) is 18.1. The van der Waals surface area contributed by atoms with Crippen molar-refractivity contribution in [2.45, 2.75) is 0 Å². The molecule has 3 aromatic heterocycles. The van der Waals surface area contributed by atoms with Gasteiger partial charge in [-0.3, -0.25) is 0 Å². The third kappa shape index (κ3) is 6.69. The molecule has 70 heavy (non-hydrogen) atoms. The molecule has 0 fully saturated rings. The fraction of sp³-hybridized carbons (Fsp3) is 0. The average Bonchev–Trinajstić information content (AvgIpc) is 3.44. The molecule has 0 saturated carbocycles. The molecule has 0 spiro atoms. The zero-order valence-corrected chi connectivity index (χ0v) is 37.9. The van der Waals surface area contributed by atoms with Gasteiger partial charge in [-0.15, -0.1) is 0 Å². The van der Waals surface area contributed by atoms with Crippen LogP contribution in [0.3, 0.4) is 0 Å². The number of rotatable bonds is 6. The topological polar surface area (TPSA) is 51.6 Å². The van der Waals surface area contributed by atoms with Crippen molar-refractivity contribution in [1.29, 1.82) is 0 Å². The van der Waals surface area contributed by atoms with Crippen LogP contribution in [0.1, 0.15) is 0 Å². The van der Waals surface area contributed by atoms with Gasteiger partial charge in [0.2, 0.25) is 0 Å². The summed E-state index contributed by atoms with van der Waals surface area (Å²) in [5.74, 6) is 0.650. The van der Waals surface area contributed by atoms with E-state index in [0.717, 1.165) is 105 Å². The highest BCUT2D eigenvalue weighted by Crippen LogP contribution is 2.42. The molecule has 0 atom stereocenters. The van der Waals surface area contributed by atoms with Gasteiger partial charge in [-0.2, -0.15) is 0 Å². The summed E-state index contributed by atoms with van der Waals surface area (Å²) in [6, 6.07) is 86.5. The average molecular weight is 889 g/mol. The predicted octanol–water partition coefficient (Wildman–Crippen LogP) is 17.3. The summed E-state index contributed by atoms with van der Waals surface area (Å²) in [5.41, 5.74) is 14.0. The maximum atomic E-state index is 5.56. The molecule has 0 bridgehead atoms. The van der Waals surface area contributed by atoms with Gasteiger partial charge in [0.1, 0.15) is 0 Å². The quantitative estimate of drug-likeness (QED) is 0.156. The molecule has 0 aliphatic carbocycles. The van der Waals surface area contributed by atoms with Gasteiger partial charge in [0.15, 0.2) is 5.82 Å². The summed E-state index contributed by atoms with van der Waals surface area (Å²) in [4.78, 5) is 21.6. The molecule has 324 valence electrons. The number of nitrogens with zero attached hydrogens (tertiary/aromatic N) is 4. The van der Waals surface area contributed by atoms with Gasteiger partial charge in [-0.1, -0.05) is 206 Å². The molecule has 0 N–H and O–H groups in total. The molecule has 0 aliphatic heterocycles. The van der Waals surface area contributed by atoms with Crippen molar-refractivity contribution in [2.75, 3.05) is 0 Å².